The van der Waals surface area contributed by atoms with Gasteiger partial charge in [-0.05, 0) is 24.3 Å². The molecule has 27 heavy (non-hydrogen) atoms. The molecule has 0 atom stereocenters. The Kier molecular flexibility index (Phi) is 10.2. The number of rotatable bonds is 4. The number of carboxylic acid groups (broad SMARTS) is 2. The molecule has 2 aromatic rings. The number of hydrogen-bond acceptors (Lipinski definition) is 6. The Morgan fingerprint density at radius 3 is 1.22 bits per heavy atom. The van der Waals surface area contributed by atoms with E-state index in [1.165, 1.54) is 38.1 Å². The van der Waals surface area contributed by atoms with Crippen LogP contribution in [0.4, 0.5) is 0 Å². The van der Waals surface area contributed by atoms with Crippen molar-refractivity contribution in [1.82, 2.24) is 0 Å². The van der Waals surface area contributed by atoms with Gasteiger partial charge in [-0.25, -0.2) is 9.59 Å². The number of para-hydroxylation sites is 2. The van der Waals surface area contributed by atoms with Crippen molar-refractivity contribution in [3.63, 3.8) is 0 Å². The van der Waals surface area contributed by atoms with Crippen molar-refractivity contribution in [3.8, 4) is 11.5 Å². The predicted octanol–water partition coefficient (Wildman–Crippen LogP) is 2.62. The largest absolute Gasteiger partial charge is 0.478 e. The number of carbonyl (C=O) groups excluding carboxylic acids is 2. The molecular formula is C18H16O8Zn. The summed E-state index contributed by atoms with van der Waals surface area (Å²) in [5.41, 5.74) is -0.0320. The molecule has 0 radical (unpaired) electrons. The topological polar surface area (TPSA) is 127 Å². The summed E-state index contributed by atoms with van der Waals surface area (Å²) in [6, 6.07) is 12.0. The van der Waals surface area contributed by atoms with Crippen LogP contribution in [0.1, 0.15) is 34.6 Å². The van der Waals surface area contributed by atoms with Crippen LogP contribution in [0.15, 0.2) is 48.5 Å². The molecule has 2 rings (SSSR count). The molecule has 0 aliphatic carbocycles. The second kappa shape index (κ2) is 11.5. The summed E-state index contributed by atoms with van der Waals surface area (Å²) in [5, 5.41) is 17.4. The Labute approximate surface area is 167 Å². The molecule has 0 heterocycles. The standard InChI is InChI=1S/2C9H8O4.Zn/c2*1-6(10)13-8-5-3-2-4-7(8)9(11)12;/h2*2-5H,1H3,(H,11,12);. The van der Waals surface area contributed by atoms with Crippen LogP contribution in [-0.4, -0.2) is 34.1 Å². The molecule has 9 heteroatoms. The van der Waals surface area contributed by atoms with E-state index in [9.17, 15) is 19.2 Å². The van der Waals surface area contributed by atoms with E-state index in [0.717, 1.165) is 0 Å². The smallest absolute Gasteiger partial charge is 0.339 e. The van der Waals surface area contributed by atoms with E-state index < -0.39 is 23.9 Å². The molecule has 0 amide bonds. The molecule has 138 valence electrons. The monoisotopic (exact) mass is 424 g/mol. The summed E-state index contributed by atoms with van der Waals surface area (Å²) in [4.78, 5) is 42.4. The molecular weight excluding hydrogens is 410 g/mol. The molecule has 0 unspecified atom stereocenters. The summed E-state index contributed by atoms with van der Waals surface area (Å²) < 4.78 is 9.37. The summed E-state index contributed by atoms with van der Waals surface area (Å²) in [7, 11) is 0. The minimum Gasteiger partial charge on any atom is -0.478 e. The fourth-order valence-electron chi connectivity index (χ4n) is 1.77. The summed E-state index contributed by atoms with van der Waals surface area (Å²) in [6.45, 7) is 2.44. The van der Waals surface area contributed by atoms with Crippen molar-refractivity contribution in [2.24, 2.45) is 0 Å². The van der Waals surface area contributed by atoms with Crippen LogP contribution < -0.4 is 9.47 Å². The van der Waals surface area contributed by atoms with Gasteiger partial charge in [0, 0.05) is 33.3 Å². The number of aromatic carboxylic acids is 2. The molecule has 2 aromatic carbocycles. The normalized spacial score (nSPS) is 8.96. The minimum atomic E-state index is -1.11. The Balaban J connectivity index is 0.000000483. The molecule has 8 nitrogen and oxygen atoms in total. The van der Waals surface area contributed by atoms with Crippen LogP contribution in [0.25, 0.3) is 0 Å². The summed E-state index contributed by atoms with van der Waals surface area (Å²) >= 11 is 0. The third-order valence-electron chi connectivity index (χ3n) is 2.74. The molecule has 0 spiro atoms. The van der Waals surface area contributed by atoms with E-state index in [1.807, 2.05) is 0 Å². The molecule has 0 bridgehead atoms. The quantitative estimate of drug-likeness (QED) is 0.435. The average molecular weight is 426 g/mol. The predicted molar refractivity (Wildman–Crippen MR) is 89.4 cm³/mol. The van der Waals surface area contributed by atoms with Crippen LogP contribution in [0, 0.1) is 0 Å². The van der Waals surface area contributed by atoms with Crippen molar-refractivity contribution >= 4 is 23.9 Å². The molecule has 0 saturated heterocycles. The van der Waals surface area contributed by atoms with Crippen molar-refractivity contribution < 1.29 is 58.3 Å². The Bertz CT molecular complexity index is 762. The molecule has 0 aliphatic rings. The zero-order valence-corrected chi connectivity index (χ0v) is 17.6. The number of carboxylic acids is 2. The molecule has 0 aromatic heterocycles. The maximum Gasteiger partial charge on any atom is 0.339 e. The first kappa shape index (κ1) is 23.9. The van der Waals surface area contributed by atoms with Gasteiger partial charge in [-0.15, -0.1) is 0 Å². The SMILES string of the molecule is CC(=O)Oc1ccccc1C(=O)O.CC(=O)Oc1ccccc1C(=O)O.[Zn]. The van der Waals surface area contributed by atoms with Gasteiger partial charge in [0.25, 0.3) is 0 Å². The van der Waals surface area contributed by atoms with Crippen molar-refractivity contribution in [2.75, 3.05) is 0 Å². The molecule has 0 fully saturated rings. The minimum absolute atomic E-state index is 0. The van der Waals surface area contributed by atoms with Gasteiger partial charge in [-0.2, -0.15) is 0 Å². The van der Waals surface area contributed by atoms with Gasteiger partial charge in [0.15, 0.2) is 0 Å². The number of benzene rings is 2. The van der Waals surface area contributed by atoms with Crippen LogP contribution in [-0.2, 0) is 29.1 Å². The molecule has 0 saturated carbocycles. The number of hydrogen-bond donors (Lipinski definition) is 2. The summed E-state index contributed by atoms with van der Waals surface area (Å²) in [6.07, 6.45) is 0. The zero-order chi connectivity index (χ0) is 19.7. The Morgan fingerprint density at radius 1 is 0.667 bits per heavy atom. The van der Waals surface area contributed by atoms with Gasteiger partial charge in [0.1, 0.15) is 22.6 Å². The second-order valence-electron chi connectivity index (χ2n) is 4.79. The van der Waals surface area contributed by atoms with E-state index in [2.05, 4.69) is 9.47 Å². The van der Waals surface area contributed by atoms with Crippen LogP contribution in [0.2, 0.25) is 0 Å². The second-order valence-corrected chi connectivity index (χ2v) is 4.79. The van der Waals surface area contributed by atoms with E-state index in [1.54, 1.807) is 24.3 Å². The number of ether oxygens (including phenoxy) is 2. The van der Waals surface area contributed by atoms with E-state index >= 15 is 0 Å². The first-order chi connectivity index (χ1) is 12.2. The molecule has 0 aliphatic heterocycles. The van der Waals surface area contributed by atoms with E-state index in [-0.39, 0.29) is 42.1 Å². The van der Waals surface area contributed by atoms with Crippen molar-refractivity contribution in [3.05, 3.63) is 59.7 Å². The first-order valence-electron chi connectivity index (χ1n) is 7.23. The van der Waals surface area contributed by atoms with Crippen LogP contribution in [0.3, 0.4) is 0 Å². The van der Waals surface area contributed by atoms with Gasteiger partial charge in [-0.3, -0.25) is 9.59 Å². The van der Waals surface area contributed by atoms with Crippen LogP contribution in [0.5, 0.6) is 11.5 Å². The Hall–Kier alpha value is -3.06. The van der Waals surface area contributed by atoms with Crippen molar-refractivity contribution in [1.29, 1.82) is 0 Å². The van der Waals surface area contributed by atoms with Gasteiger partial charge in [0.2, 0.25) is 0 Å². The number of esters is 2. The van der Waals surface area contributed by atoms with Gasteiger partial charge >= 0.3 is 23.9 Å². The van der Waals surface area contributed by atoms with Crippen molar-refractivity contribution in [2.45, 2.75) is 13.8 Å². The Morgan fingerprint density at radius 2 is 0.963 bits per heavy atom. The summed E-state index contributed by atoms with van der Waals surface area (Å²) in [5.74, 6) is -3.15. The van der Waals surface area contributed by atoms with Gasteiger partial charge in [0.05, 0.1) is 0 Å². The van der Waals surface area contributed by atoms with E-state index in [4.69, 9.17) is 10.2 Å². The van der Waals surface area contributed by atoms with Gasteiger partial charge in [-0.1, -0.05) is 24.3 Å². The average Bonchev–Trinajstić information content (AvgIpc) is 2.55. The fraction of sp³-hybridized carbons (Fsp3) is 0.111. The maximum absolute atomic E-state index is 10.6. The van der Waals surface area contributed by atoms with Gasteiger partial charge < -0.3 is 19.7 Å². The van der Waals surface area contributed by atoms with Crippen LogP contribution >= 0.6 is 0 Å². The first-order valence-corrected chi connectivity index (χ1v) is 7.23. The maximum atomic E-state index is 10.6. The fourth-order valence-corrected chi connectivity index (χ4v) is 1.77. The third-order valence-corrected chi connectivity index (χ3v) is 2.74. The third kappa shape index (κ3) is 8.24. The number of carbonyl (C=O) groups is 4. The molecule has 2 N–H and O–H groups in total. The zero-order valence-electron chi connectivity index (χ0n) is 14.7. The van der Waals surface area contributed by atoms with E-state index in [0.29, 0.717) is 0 Å².